The first kappa shape index (κ1) is 23.7. The number of nitrogens with one attached hydrogen (secondary N) is 2. The van der Waals surface area contributed by atoms with E-state index in [2.05, 4.69) is 33.2 Å². The standard InChI is InChI=1S/C25H31N7O/c1-7-20(33-6)14-18(3)28-15-22-30-24(25(31-22)21-12-8-10-17(2)29-21)19-11-9-13-23(26-4)32(16-19)27-5/h7-10,12-14,16,28H,5,11,15H2,1-4,6H3,(H,30,31)/b18-14+,20-7+,26-23?. The van der Waals surface area contributed by atoms with E-state index in [0.717, 1.165) is 45.6 Å². The summed E-state index contributed by atoms with van der Waals surface area (Å²) in [4.78, 5) is 17.4. The van der Waals surface area contributed by atoms with Crippen LogP contribution in [0.4, 0.5) is 0 Å². The Morgan fingerprint density at radius 3 is 2.85 bits per heavy atom. The lowest BCUT2D eigenvalue weighted by Crippen LogP contribution is -2.17. The van der Waals surface area contributed by atoms with E-state index in [1.165, 1.54) is 0 Å². The number of rotatable bonds is 8. The van der Waals surface area contributed by atoms with E-state index in [1.807, 2.05) is 63.4 Å². The minimum absolute atomic E-state index is 0.524. The third kappa shape index (κ3) is 5.85. The van der Waals surface area contributed by atoms with Gasteiger partial charge in [-0.2, -0.15) is 5.10 Å². The number of aliphatic imine (C=N–C) groups is 1. The maximum Gasteiger partial charge on any atom is 0.148 e. The van der Waals surface area contributed by atoms with Crippen molar-refractivity contribution >= 4 is 18.1 Å². The zero-order chi connectivity index (χ0) is 23.8. The van der Waals surface area contributed by atoms with E-state index in [4.69, 9.17) is 14.7 Å². The molecular weight excluding hydrogens is 414 g/mol. The second kappa shape index (κ2) is 11.1. The maximum atomic E-state index is 5.31. The van der Waals surface area contributed by atoms with Crippen molar-refractivity contribution in [2.24, 2.45) is 10.1 Å². The maximum absolute atomic E-state index is 5.31. The lowest BCUT2D eigenvalue weighted by molar-refractivity contribution is 0.305. The van der Waals surface area contributed by atoms with Gasteiger partial charge in [0, 0.05) is 36.9 Å². The first-order chi connectivity index (χ1) is 16.0. The predicted octanol–water partition coefficient (Wildman–Crippen LogP) is 4.57. The molecule has 0 unspecified atom stereocenters. The number of aryl methyl sites for hydroxylation is 1. The number of pyridine rings is 1. The minimum Gasteiger partial charge on any atom is -0.497 e. The van der Waals surface area contributed by atoms with E-state index < -0.39 is 0 Å². The Kier molecular flexibility index (Phi) is 7.96. The van der Waals surface area contributed by atoms with Crippen LogP contribution in [0.2, 0.25) is 0 Å². The van der Waals surface area contributed by atoms with Crippen molar-refractivity contribution in [1.29, 1.82) is 0 Å². The number of hydrogen-bond donors (Lipinski definition) is 2. The van der Waals surface area contributed by atoms with Gasteiger partial charge < -0.3 is 15.0 Å². The van der Waals surface area contributed by atoms with Crippen molar-refractivity contribution in [3.05, 3.63) is 77.4 Å². The molecule has 8 nitrogen and oxygen atoms in total. The van der Waals surface area contributed by atoms with E-state index in [0.29, 0.717) is 18.8 Å². The van der Waals surface area contributed by atoms with Crippen LogP contribution in [0.5, 0.6) is 0 Å². The highest BCUT2D eigenvalue weighted by atomic mass is 16.5. The molecule has 8 heteroatoms. The highest BCUT2D eigenvalue weighted by Crippen LogP contribution is 2.30. The third-order valence-electron chi connectivity index (χ3n) is 5.11. The molecule has 172 valence electrons. The summed E-state index contributed by atoms with van der Waals surface area (Å²) in [6.45, 7) is 10.1. The van der Waals surface area contributed by atoms with Crippen molar-refractivity contribution in [1.82, 2.24) is 25.3 Å². The number of H-pyrrole nitrogens is 1. The van der Waals surface area contributed by atoms with Gasteiger partial charge >= 0.3 is 0 Å². The van der Waals surface area contributed by atoms with Gasteiger partial charge in [0.25, 0.3) is 0 Å². The Morgan fingerprint density at radius 1 is 1.36 bits per heavy atom. The van der Waals surface area contributed by atoms with Crippen LogP contribution in [0.15, 0.2) is 70.3 Å². The summed E-state index contributed by atoms with van der Waals surface area (Å²) >= 11 is 0. The third-order valence-corrected chi connectivity index (χ3v) is 5.11. The summed E-state index contributed by atoms with van der Waals surface area (Å²) in [6, 6.07) is 5.96. The Morgan fingerprint density at radius 2 is 2.18 bits per heavy atom. The van der Waals surface area contributed by atoms with Crippen LogP contribution in [-0.2, 0) is 11.3 Å². The van der Waals surface area contributed by atoms with Gasteiger partial charge in [0.2, 0.25) is 0 Å². The molecule has 0 spiro atoms. The highest BCUT2D eigenvalue weighted by molar-refractivity contribution is 5.95. The normalized spacial score (nSPS) is 16.0. The lowest BCUT2D eigenvalue weighted by Gasteiger charge is -2.13. The Bertz CT molecular complexity index is 1150. The molecule has 3 rings (SSSR count). The van der Waals surface area contributed by atoms with Crippen molar-refractivity contribution in [2.75, 3.05) is 14.2 Å². The summed E-state index contributed by atoms with van der Waals surface area (Å²) in [5.41, 5.74) is 5.43. The van der Waals surface area contributed by atoms with Crippen LogP contribution in [0.1, 0.15) is 37.5 Å². The van der Waals surface area contributed by atoms with Gasteiger partial charge in [0.1, 0.15) is 17.4 Å². The van der Waals surface area contributed by atoms with E-state index in [-0.39, 0.29) is 0 Å². The van der Waals surface area contributed by atoms with Gasteiger partial charge in [-0.25, -0.2) is 9.99 Å². The first-order valence-corrected chi connectivity index (χ1v) is 10.7. The second-order valence-corrected chi connectivity index (χ2v) is 7.48. The number of aromatic nitrogens is 3. The summed E-state index contributed by atoms with van der Waals surface area (Å²) in [7, 11) is 3.39. The average Bonchev–Trinajstić information content (AvgIpc) is 3.14. The molecule has 0 aromatic carbocycles. The largest absolute Gasteiger partial charge is 0.497 e. The summed E-state index contributed by atoms with van der Waals surface area (Å²) in [6.07, 6.45) is 10.4. The molecule has 0 radical (unpaired) electrons. The molecule has 0 bridgehead atoms. The molecule has 0 atom stereocenters. The Labute approximate surface area is 195 Å². The zero-order valence-electron chi connectivity index (χ0n) is 19.9. The van der Waals surface area contributed by atoms with Crippen molar-refractivity contribution in [3.8, 4) is 11.4 Å². The average molecular weight is 446 g/mol. The molecule has 0 saturated carbocycles. The van der Waals surface area contributed by atoms with Crippen LogP contribution in [0, 0.1) is 6.92 Å². The molecule has 33 heavy (non-hydrogen) atoms. The van der Waals surface area contributed by atoms with Crippen LogP contribution < -0.4 is 5.32 Å². The smallest absolute Gasteiger partial charge is 0.148 e. The Balaban J connectivity index is 2.00. The molecule has 2 N–H and O–H groups in total. The SMILES string of the molecule is C=NN1C=C(c2nc(CN/C(C)=C/C(=C\C)OC)[nH]c2-c2cccc(C)n2)CC=CC1=NC. The molecule has 0 saturated heterocycles. The molecule has 1 aliphatic heterocycles. The molecule has 2 aromatic rings. The zero-order valence-corrected chi connectivity index (χ0v) is 19.9. The summed E-state index contributed by atoms with van der Waals surface area (Å²) in [5.74, 6) is 2.31. The van der Waals surface area contributed by atoms with Gasteiger partial charge in [-0.3, -0.25) is 9.98 Å². The van der Waals surface area contributed by atoms with E-state index in [9.17, 15) is 0 Å². The number of methoxy groups -OCH3 is 1. The van der Waals surface area contributed by atoms with Crippen LogP contribution in [-0.4, -0.2) is 46.7 Å². The summed E-state index contributed by atoms with van der Waals surface area (Å²) < 4.78 is 5.31. The van der Waals surface area contributed by atoms with E-state index >= 15 is 0 Å². The molecule has 3 heterocycles. The van der Waals surface area contributed by atoms with Crippen molar-refractivity contribution in [2.45, 2.75) is 33.7 Å². The van der Waals surface area contributed by atoms with Crippen LogP contribution in [0.3, 0.4) is 0 Å². The number of imidazole rings is 1. The fourth-order valence-electron chi connectivity index (χ4n) is 3.44. The molecular formula is C25H31N7O. The monoisotopic (exact) mass is 445 g/mol. The molecule has 0 fully saturated rings. The number of allylic oxidation sites excluding steroid dienone is 5. The summed E-state index contributed by atoms with van der Waals surface area (Å²) in [5, 5.41) is 9.15. The molecule has 0 aliphatic carbocycles. The number of amidine groups is 1. The molecule has 2 aromatic heterocycles. The van der Waals surface area contributed by atoms with Crippen LogP contribution in [0.25, 0.3) is 17.0 Å². The van der Waals surface area contributed by atoms with Gasteiger partial charge in [0.15, 0.2) is 0 Å². The molecule has 0 amide bonds. The van der Waals surface area contributed by atoms with Crippen LogP contribution >= 0.6 is 0 Å². The van der Waals surface area contributed by atoms with E-state index in [1.54, 1.807) is 19.2 Å². The first-order valence-electron chi connectivity index (χ1n) is 10.7. The van der Waals surface area contributed by atoms with Gasteiger partial charge in [-0.15, -0.1) is 0 Å². The fourth-order valence-corrected chi connectivity index (χ4v) is 3.44. The Hall–Kier alpha value is -3.94. The fraction of sp³-hybridized carbons (Fsp3) is 0.280. The van der Waals surface area contributed by atoms with Crippen molar-refractivity contribution in [3.63, 3.8) is 0 Å². The lowest BCUT2D eigenvalue weighted by atomic mass is 10.1. The number of nitrogens with zero attached hydrogens (tertiary/aromatic N) is 5. The topological polar surface area (TPSA) is 90.8 Å². The van der Waals surface area contributed by atoms with Gasteiger partial charge in [0.05, 0.1) is 30.7 Å². The van der Waals surface area contributed by atoms with Crippen molar-refractivity contribution < 1.29 is 4.74 Å². The predicted molar refractivity (Wildman–Crippen MR) is 134 cm³/mol. The number of aromatic amines is 1. The second-order valence-electron chi connectivity index (χ2n) is 7.48. The highest BCUT2D eigenvalue weighted by Gasteiger charge is 2.19. The number of ether oxygens (including phenoxy) is 1. The minimum atomic E-state index is 0.524. The van der Waals surface area contributed by atoms with Gasteiger partial charge in [-0.1, -0.05) is 12.1 Å². The molecule has 1 aliphatic rings. The number of hydrazone groups is 1. The number of hydrogen-bond acceptors (Lipinski definition) is 6. The quantitative estimate of drug-likeness (QED) is 0.353. The van der Waals surface area contributed by atoms with Gasteiger partial charge in [-0.05, 0) is 57.6 Å².